The molecular weight excluding hydrogens is 412 g/mol. The van der Waals surface area contributed by atoms with Gasteiger partial charge < -0.3 is 19.4 Å². The van der Waals surface area contributed by atoms with E-state index in [1.807, 2.05) is 23.7 Å². The van der Waals surface area contributed by atoms with E-state index in [9.17, 15) is 4.79 Å². The highest BCUT2D eigenvalue weighted by Gasteiger charge is 2.13. The number of hydrogen-bond donors (Lipinski definition) is 1. The SMILES string of the molecule is COc1ccc(NC(=O)Cc2nnc(SCCOc3ccc(Cl)cc3)n2C)cc1. The second kappa shape index (κ2) is 10.2. The third-order valence-corrected chi connectivity index (χ3v) is 5.25. The molecule has 1 amide bonds. The number of nitrogens with one attached hydrogen (secondary N) is 1. The third kappa shape index (κ3) is 6.13. The lowest BCUT2D eigenvalue weighted by Crippen LogP contribution is -2.17. The minimum absolute atomic E-state index is 0.136. The highest BCUT2D eigenvalue weighted by Crippen LogP contribution is 2.19. The van der Waals surface area contributed by atoms with Crippen LogP contribution in [0.3, 0.4) is 0 Å². The molecule has 152 valence electrons. The maximum atomic E-state index is 12.3. The maximum Gasteiger partial charge on any atom is 0.232 e. The molecule has 1 aromatic heterocycles. The molecule has 0 atom stereocenters. The summed E-state index contributed by atoms with van der Waals surface area (Å²) in [4.78, 5) is 12.3. The quantitative estimate of drug-likeness (QED) is 0.409. The van der Waals surface area contributed by atoms with Crippen molar-refractivity contribution in [3.05, 3.63) is 59.4 Å². The number of benzene rings is 2. The number of carbonyl (C=O) groups is 1. The summed E-state index contributed by atoms with van der Waals surface area (Å²) in [7, 11) is 3.44. The predicted octanol–water partition coefficient (Wildman–Crippen LogP) is 3.83. The van der Waals surface area contributed by atoms with E-state index in [2.05, 4.69) is 15.5 Å². The summed E-state index contributed by atoms with van der Waals surface area (Å²) in [5, 5.41) is 12.5. The Bertz CT molecular complexity index is 945. The van der Waals surface area contributed by atoms with Crippen LogP contribution in [0.25, 0.3) is 0 Å². The highest BCUT2D eigenvalue weighted by atomic mass is 35.5. The summed E-state index contributed by atoms with van der Waals surface area (Å²) in [5.74, 6) is 2.64. The molecule has 0 aliphatic rings. The minimum atomic E-state index is -0.159. The zero-order chi connectivity index (χ0) is 20.6. The van der Waals surface area contributed by atoms with Gasteiger partial charge in [-0.25, -0.2) is 0 Å². The first-order valence-electron chi connectivity index (χ1n) is 8.88. The van der Waals surface area contributed by atoms with E-state index in [-0.39, 0.29) is 12.3 Å². The number of carbonyl (C=O) groups excluding carboxylic acids is 1. The maximum absolute atomic E-state index is 12.3. The lowest BCUT2D eigenvalue weighted by Gasteiger charge is -2.07. The van der Waals surface area contributed by atoms with Gasteiger partial charge in [-0.05, 0) is 48.5 Å². The van der Waals surface area contributed by atoms with Crippen LogP contribution in [0, 0.1) is 0 Å². The van der Waals surface area contributed by atoms with Crippen molar-refractivity contribution in [1.29, 1.82) is 0 Å². The summed E-state index contributed by atoms with van der Waals surface area (Å²) >= 11 is 7.37. The highest BCUT2D eigenvalue weighted by molar-refractivity contribution is 7.99. The van der Waals surface area contributed by atoms with Crippen LogP contribution in [0.1, 0.15) is 5.82 Å². The number of methoxy groups -OCH3 is 1. The molecule has 0 radical (unpaired) electrons. The first-order chi connectivity index (χ1) is 14.0. The van der Waals surface area contributed by atoms with Gasteiger partial charge in [0.2, 0.25) is 5.91 Å². The number of rotatable bonds is 9. The van der Waals surface area contributed by atoms with Gasteiger partial charge in [0.15, 0.2) is 5.16 Å². The topological polar surface area (TPSA) is 78.3 Å². The van der Waals surface area contributed by atoms with Crippen LogP contribution in [0.5, 0.6) is 11.5 Å². The average Bonchev–Trinajstić information content (AvgIpc) is 3.06. The Hall–Kier alpha value is -2.71. The van der Waals surface area contributed by atoms with Gasteiger partial charge in [-0.1, -0.05) is 23.4 Å². The van der Waals surface area contributed by atoms with E-state index in [0.29, 0.717) is 28.9 Å². The molecule has 0 aliphatic heterocycles. The summed E-state index contributed by atoms with van der Waals surface area (Å²) < 4.78 is 12.6. The van der Waals surface area contributed by atoms with E-state index in [1.54, 1.807) is 43.5 Å². The first kappa shape index (κ1) is 21.0. The number of amides is 1. The number of aromatic nitrogens is 3. The average molecular weight is 433 g/mol. The predicted molar refractivity (Wildman–Crippen MR) is 114 cm³/mol. The molecule has 0 aliphatic carbocycles. The van der Waals surface area contributed by atoms with Gasteiger partial charge >= 0.3 is 0 Å². The first-order valence-corrected chi connectivity index (χ1v) is 10.2. The molecule has 0 fully saturated rings. The van der Waals surface area contributed by atoms with Crippen molar-refractivity contribution in [2.75, 3.05) is 24.8 Å². The van der Waals surface area contributed by atoms with Gasteiger partial charge in [0.05, 0.1) is 20.1 Å². The van der Waals surface area contributed by atoms with Crippen molar-refractivity contribution < 1.29 is 14.3 Å². The zero-order valence-electron chi connectivity index (χ0n) is 16.1. The van der Waals surface area contributed by atoms with Crippen molar-refractivity contribution in [2.24, 2.45) is 7.05 Å². The van der Waals surface area contributed by atoms with Crippen molar-refractivity contribution in [3.8, 4) is 11.5 Å². The molecule has 9 heteroatoms. The Morgan fingerprint density at radius 2 is 1.79 bits per heavy atom. The molecule has 29 heavy (non-hydrogen) atoms. The Morgan fingerprint density at radius 3 is 2.48 bits per heavy atom. The van der Waals surface area contributed by atoms with E-state index < -0.39 is 0 Å². The molecule has 2 aromatic carbocycles. The minimum Gasteiger partial charge on any atom is -0.497 e. The molecule has 3 rings (SSSR count). The molecular formula is C20H21ClN4O3S. The molecule has 0 spiro atoms. The van der Waals surface area contributed by atoms with Gasteiger partial charge in [-0.3, -0.25) is 4.79 Å². The molecule has 0 unspecified atom stereocenters. The number of halogens is 1. The molecule has 0 saturated heterocycles. The number of hydrogen-bond acceptors (Lipinski definition) is 6. The summed E-state index contributed by atoms with van der Waals surface area (Å²) in [5.41, 5.74) is 0.701. The number of thioether (sulfide) groups is 1. The van der Waals surface area contributed by atoms with Crippen molar-refractivity contribution >= 4 is 35.0 Å². The smallest absolute Gasteiger partial charge is 0.232 e. The van der Waals surface area contributed by atoms with Crippen LogP contribution in [0.4, 0.5) is 5.69 Å². The molecule has 3 aromatic rings. The largest absolute Gasteiger partial charge is 0.497 e. The monoisotopic (exact) mass is 432 g/mol. The lowest BCUT2D eigenvalue weighted by molar-refractivity contribution is -0.115. The molecule has 1 heterocycles. The second-order valence-corrected chi connectivity index (χ2v) is 7.56. The fourth-order valence-corrected chi connectivity index (χ4v) is 3.34. The summed E-state index contributed by atoms with van der Waals surface area (Å²) in [6, 6.07) is 14.4. The van der Waals surface area contributed by atoms with Crippen LogP contribution in [0.2, 0.25) is 5.02 Å². The number of ether oxygens (including phenoxy) is 2. The van der Waals surface area contributed by atoms with Gasteiger partial charge in [-0.2, -0.15) is 0 Å². The molecule has 0 saturated carbocycles. The Balaban J connectivity index is 1.46. The normalized spacial score (nSPS) is 10.6. The Labute approximate surface area is 178 Å². The standard InChI is InChI=1S/C20H21ClN4O3S/c1-25-18(13-19(26)22-15-5-9-16(27-2)10-6-15)23-24-20(25)29-12-11-28-17-7-3-14(21)4-8-17/h3-10H,11-13H2,1-2H3,(H,22,26). The second-order valence-electron chi connectivity index (χ2n) is 6.06. The van der Waals surface area contributed by atoms with E-state index >= 15 is 0 Å². The van der Waals surface area contributed by atoms with Gasteiger partial charge in [-0.15, -0.1) is 10.2 Å². The van der Waals surface area contributed by atoms with E-state index in [4.69, 9.17) is 21.1 Å². The zero-order valence-corrected chi connectivity index (χ0v) is 17.7. The fraction of sp³-hybridized carbons (Fsp3) is 0.250. The van der Waals surface area contributed by atoms with Crippen LogP contribution in [0.15, 0.2) is 53.7 Å². The number of anilines is 1. The van der Waals surface area contributed by atoms with Crippen LogP contribution < -0.4 is 14.8 Å². The molecule has 7 nitrogen and oxygen atoms in total. The number of nitrogens with zero attached hydrogens (tertiary/aromatic N) is 3. The summed E-state index contributed by atoms with van der Waals surface area (Å²) in [6.07, 6.45) is 0.136. The Kier molecular flexibility index (Phi) is 7.37. The third-order valence-electron chi connectivity index (χ3n) is 4.01. The molecule has 0 bridgehead atoms. The fourth-order valence-electron chi connectivity index (χ4n) is 2.47. The lowest BCUT2D eigenvalue weighted by atomic mass is 10.3. The van der Waals surface area contributed by atoms with Gasteiger partial charge in [0.1, 0.15) is 17.3 Å². The Morgan fingerprint density at radius 1 is 1.10 bits per heavy atom. The van der Waals surface area contributed by atoms with Gasteiger partial charge in [0, 0.05) is 23.5 Å². The van der Waals surface area contributed by atoms with Crippen molar-refractivity contribution in [1.82, 2.24) is 14.8 Å². The van der Waals surface area contributed by atoms with Crippen LogP contribution in [-0.4, -0.2) is 40.1 Å². The van der Waals surface area contributed by atoms with E-state index in [1.165, 1.54) is 11.8 Å². The van der Waals surface area contributed by atoms with Crippen LogP contribution >= 0.6 is 23.4 Å². The van der Waals surface area contributed by atoms with Crippen molar-refractivity contribution in [3.63, 3.8) is 0 Å². The van der Waals surface area contributed by atoms with Gasteiger partial charge in [0.25, 0.3) is 0 Å². The summed E-state index contributed by atoms with van der Waals surface area (Å²) in [6.45, 7) is 0.520. The molecule has 1 N–H and O–H groups in total. The van der Waals surface area contributed by atoms with Crippen molar-refractivity contribution in [2.45, 2.75) is 11.6 Å². The van der Waals surface area contributed by atoms with Crippen LogP contribution in [-0.2, 0) is 18.3 Å². The van der Waals surface area contributed by atoms with E-state index in [0.717, 1.165) is 16.7 Å².